The summed E-state index contributed by atoms with van der Waals surface area (Å²) in [5.74, 6) is 1.08. The molecule has 126 valence electrons. The number of amides is 1. The van der Waals surface area contributed by atoms with E-state index in [4.69, 9.17) is 5.26 Å². The predicted octanol–water partition coefficient (Wildman–Crippen LogP) is 1.04. The summed E-state index contributed by atoms with van der Waals surface area (Å²) in [7, 11) is 0. The average Bonchev–Trinajstić information content (AvgIpc) is 3.02. The van der Waals surface area contributed by atoms with Gasteiger partial charge in [0.2, 0.25) is 5.91 Å². The molecule has 1 aliphatic heterocycles. The third-order valence-electron chi connectivity index (χ3n) is 4.23. The predicted molar refractivity (Wildman–Crippen MR) is 89.2 cm³/mol. The quantitative estimate of drug-likeness (QED) is 0.833. The van der Waals surface area contributed by atoms with Crippen molar-refractivity contribution in [2.45, 2.75) is 26.8 Å². The molecule has 2 aromatic heterocycles. The Bertz CT molecular complexity index is 768. The van der Waals surface area contributed by atoms with Crippen LogP contribution in [0.2, 0.25) is 0 Å². The van der Waals surface area contributed by atoms with E-state index in [0.29, 0.717) is 26.1 Å². The highest BCUT2D eigenvalue weighted by Gasteiger charge is 2.25. The van der Waals surface area contributed by atoms with Gasteiger partial charge in [0.05, 0.1) is 30.6 Å². The summed E-state index contributed by atoms with van der Waals surface area (Å²) in [6.07, 6.45) is 3.69. The summed E-state index contributed by atoms with van der Waals surface area (Å²) >= 11 is 0. The standard InChI is InChI=1S/C16H21N7O/c1-12(2)16(24)22-8-6-21(7-9-22)14-13-10-20-23(5-3-4-17)15(13)19-11-18-14/h10-12H,3,5-9H2,1-2H3. The van der Waals surface area contributed by atoms with E-state index in [2.05, 4.69) is 26.0 Å². The molecule has 2 aromatic rings. The number of aromatic nitrogens is 4. The first-order valence-electron chi connectivity index (χ1n) is 8.19. The number of carbonyl (C=O) groups is 1. The molecule has 0 bridgehead atoms. The van der Waals surface area contributed by atoms with Crippen LogP contribution in [0, 0.1) is 17.2 Å². The molecular weight excluding hydrogens is 306 g/mol. The number of piperazine rings is 1. The van der Waals surface area contributed by atoms with Gasteiger partial charge in [-0.2, -0.15) is 10.4 Å². The second-order valence-electron chi connectivity index (χ2n) is 6.18. The van der Waals surface area contributed by atoms with Gasteiger partial charge in [-0.1, -0.05) is 13.8 Å². The van der Waals surface area contributed by atoms with E-state index in [1.165, 1.54) is 6.33 Å². The first-order chi connectivity index (χ1) is 11.6. The highest BCUT2D eigenvalue weighted by atomic mass is 16.2. The van der Waals surface area contributed by atoms with Crippen LogP contribution < -0.4 is 4.90 Å². The third kappa shape index (κ3) is 3.02. The minimum atomic E-state index is 0.0284. The molecule has 0 aliphatic carbocycles. The largest absolute Gasteiger partial charge is 0.352 e. The number of carbonyl (C=O) groups excluding carboxylic acids is 1. The van der Waals surface area contributed by atoms with Crippen molar-refractivity contribution in [3.8, 4) is 6.07 Å². The zero-order valence-electron chi connectivity index (χ0n) is 14.0. The van der Waals surface area contributed by atoms with Crippen molar-refractivity contribution in [2.24, 2.45) is 5.92 Å². The van der Waals surface area contributed by atoms with Crippen LogP contribution in [0.1, 0.15) is 20.3 Å². The van der Waals surface area contributed by atoms with E-state index in [1.807, 2.05) is 18.7 Å². The summed E-state index contributed by atoms with van der Waals surface area (Å²) in [5, 5.41) is 14.0. The smallest absolute Gasteiger partial charge is 0.225 e. The van der Waals surface area contributed by atoms with Crippen molar-refractivity contribution < 1.29 is 4.79 Å². The van der Waals surface area contributed by atoms with Crippen LogP contribution in [-0.2, 0) is 11.3 Å². The van der Waals surface area contributed by atoms with Gasteiger partial charge >= 0.3 is 0 Å². The molecule has 0 aromatic carbocycles. The van der Waals surface area contributed by atoms with Crippen molar-refractivity contribution >= 4 is 22.8 Å². The Morgan fingerprint density at radius 3 is 2.71 bits per heavy atom. The monoisotopic (exact) mass is 327 g/mol. The van der Waals surface area contributed by atoms with Crippen LogP contribution in [0.25, 0.3) is 11.0 Å². The van der Waals surface area contributed by atoms with Gasteiger partial charge in [-0.25, -0.2) is 14.6 Å². The van der Waals surface area contributed by atoms with Crippen molar-refractivity contribution in [1.29, 1.82) is 5.26 Å². The van der Waals surface area contributed by atoms with Crippen molar-refractivity contribution in [3.63, 3.8) is 0 Å². The molecule has 1 saturated heterocycles. The van der Waals surface area contributed by atoms with Gasteiger partial charge in [0.15, 0.2) is 5.65 Å². The SMILES string of the molecule is CC(C)C(=O)N1CCN(c2ncnc3c2cnn3CCC#N)CC1. The Hall–Kier alpha value is -2.69. The minimum absolute atomic E-state index is 0.0284. The highest BCUT2D eigenvalue weighted by molar-refractivity contribution is 5.87. The highest BCUT2D eigenvalue weighted by Crippen LogP contribution is 2.24. The van der Waals surface area contributed by atoms with Gasteiger partial charge in [0, 0.05) is 32.1 Å². The molecule has 1 amide bonds. The summed E-state index contributed by atoms with van der Waals surface area (Å²) in [4.78, 5) is 24.9. The van der Waals surface area contributed by atoms with Gasteiger partial charge in [-0.05, 0) is 0 Å². The number of rotatable bonds is 4. The molecule has 1 aliphatic rings. The van der Waals surface area contributed by atoms with Crippen LogP contribution in [0.4, 0.5) is 5.82 Å². The lowest BCUT2D eigenvalue weighted by molar-refractivity contribution is -0.134. The fraction of sp³-hybridized carbons (Fsp3) is 0.562. The molecule has 8 nitrogen and oxygen atoms in total. The molecule has 0 N–H and O–H groups in total. The zero-order chi connectivity index (χ0) is 17.1. The summed E-state index contributed by atoms with van der Waals surface area (Å²) in [6, 6.07) is 2.12. The van der Waals surface area contributed by atoms with E-state index in [9.17, 15) is 4.79 Å². The zero-order valence-corrected chi connectivity index (χ0v) is 14.0. The van der Waals surface area contributed by atoms with E-state index >= 15 is 0 Å². The molecule has 0 radical (unpaired) electrons. The third-order valence-corrected chi connectivity index (χ3v) is 4.23. The van der Waals surface area contributed by atoms with Crippen molar-refractivity contribution in [2.75, 3.05) is 31.1 Å². The number of nitriles is 1. The molecule has 0 unspecified atom stereocenters. The van der Waals surface area contributed by atoms with Crippen LogP contribution in [0.5, 0.6) is 0 Å². The van der Waals surface area contributed by atoms with Crippen LogP contribution in [-0.4, -0.2) is 56.7 Å². The van der Waals surface area contributed by atoms with Crippen LogP contribution in [0.3, 0.4) is 0 Å². The Morgan fingerprint density at radius 2 is 2.04 bits per heavy atom. The summed E-state index contributed by atoms with van der Waals surface area (Å²) in [6.45, 7) is 7.27. The van der Waals surface area contributed by atoms with Gasteiger partial charge in [0.1, 0.15) is 12.1 Å². The molecular formula is C16H21N7O. The van der Waals surface area contributed by atoms with Crippen molar-refractivity contribution in [1.82, 2.24) is 24.6 Å². The fourth-order valence-corrected chi connectivity index (χ4v) is 2.96. The maximum Gasteiger partial charge on any atom is 0.225 e. The Labute approximate surface area is 140 Å². The number of nitrogens with zero attached hydrogens (tertiary/aromatic N) is 7. The number of fused-ring (bicyclic) bond motifs is 1. The average molecular weight is 327 g/mol. The topological polar surface area (TPSA) is 90.9 Å². The fourth-order valence-electron chi connectivity index (χ4n) is 2.96. The van der Waals surface area contributed by atoms with E-state index in [-0.39, 0.29) is 11.8 Å². The lowest BCUT2D eigenvalue weighted by Crippen LogP contribution is -2.50. The number of hydrogen-bond donors (Lipinski definition) is 0. The van der Waals surface area contributed by atoms with Gasteiger partial charge in [-0.15, -0.1) is 0 Å². The number of anilines is 1. The molecule has 24 heavy (non-hydrogen) atoms. The first kappa shape index (κ1) is 16.2. The van der Waals surface area contributed by atoms with E-state index in [1.54, 1.807) is 10.9 Å². The van der Waals surface area contributed by atoms with Gasteiger partial charge < -0.3 is 9.80 Å². The second-order valence-corrected chi connectivity index (χ2v) is 6.18. The number of aryl methyl sites for hydroxylation is 1. The molecule has 0 atom stereocenters. The summed E-state index contributed by atoms with van der Waals surface area (Å²) < 4.78 is 1.74. The van der Waals surface area contributed by atoms with E-state index < -0.39 is 0 Å². The van der Waals surface area contributed by atoms with Gasteiger partial charge in [-0.3, -0.25) is 4.79 Å². The molecule has 1 fully saturated rings. The maximum atomic E-state index is 12.1. The Kier molecular flexibility index (Phi) is 4.60. The molecule has 3 rings (SSSR count). The van der Waals surface area contributed by atoms with E-state index in [0.717, 1.165) is 29.9 Å². The van der Waals surface area contributed by atoms with Crippen LogP contribution >= 0.6 is 0 Å². The normalized spacial score (nSPS) is 15.1. The molecule has 8 heteroatoms. The lowest BCUT2D eigenvalue weighted by Gasteiger charge is -2.36. The molecule has 0 saturated carbocycles. The van der Waals surface area contributed by atoms with Crippen LogP contribution in [0.15, 0.2) is 12.5 Å². The first-order valence-corrected chi connectivity index (χ1v) is 8.19. The van der Waals surface area contributed by atoms with Gasteiger partial charge in [0.25, 0.3) is 0 Å². The lowest BCUT2D eigenvalue weighted by atomic mass is 10.1. The number of hydrogen-bond acceptors (Lipinski definition) is 6. The molecule has 3 heterocycles. The van der Waals surface area contributed by atoms with Crippen molar-refractivity contribution in [3.05, 3.63) is 12.5 Å². The summed E-state index contributed by atoms with van der Waals surface area (Å²) in [5.41, 5.74) is 0.746. The Balaban J connectivity index is 1.78. The molecule has 0 spiro atoms. The second kappa shape index (κ2) is 6.83. The maximum absolute atomic E-state index is 12.1. The minimum Gasteiger partial charge on any atom is -0.352 e. The Morgan fingerprint density at radius 1 is 1.29 bits per heavy atom.